The molecule has 1 saturated carbocycles. The van der Waals surface area contributed by atoms with Gasteiger partial charge in [0.15, 0.2) is 0 Å². The largest absolute Gasteiger partial charge is 0.468 e. The van der Waals surface area contributed by atoms with Crippen LogP contribution >= 0.6 is 12.2 Å². The quantitative estimate of drug-likeness (QED) is 0.827. The monoisotopic (exact) mass is 287 g/mol. The van der Waals surface area contributed by atoms with E-state index >= 15 is 0 Å². The van der Waals surface area contributed by atoms with Crippen molar-refractivity contribution in [3.63, 3.8) is 0 Å². The molecule has 0 atom stereocenters. The lowest BCUT2D eigenvalue weighted by Gasteiger charge is -2.21. The van der Waals surface area contributed by atoms with Crippen LogP contribution in [-0.4, -0.2) is 20.9 Å². The third-order valence-corrected chi connectivity index (χ3v) is 3.67. The van der Waals surface area contributed by atoms with Crippen molar-refractivity contribution in [1.29, 1.82) is 0 Å². The Balaban J connectivity index is 1.73. The van der Waals surface area contributed by atoms with E-state index in [-0.39, 0.29) is 0 Å². The van der Waals surface area contributed by atoms with E-state index in [9.17, 15) is 0 Å². The zero-order chi connectivity index (χ0) is 13.9. The minimum atomic E-state index is 0.343. The van der Waals surface area contributed by atoms with E-state index in [2.05, 4.69) is 9.88 Å². The van der Waals surface area contributed by atoms with E-state index in [0.717, 1.165) is 18.8 Å². The first-order valence-corrected chi connectivity index (χ1v) is 7.14. The fourth-order valence-corrected chi connectivity index (χ4v) is 2.41. The molecule has 4 nitrogen and oxygen atoms in total. The highest BCUT2D eigenvalue weighted by atomic mass is 32.1. The molecule has 0 saturated heterocycles. The summed E-state index contributed by atoms with van der Waals surface area (Å²) >= 11 is 4.98. The molecule has 2 aromatic rings. The Labute approximate surface area is 123 Å². The van der Waals surface area contributed by atoms with Crippen LogP contribution in [0.4, 0.5) is 0 Å². The molecule has 5 heteroatoms. The van der Waals surface area contributed by atoms with E-state index < -0.39 is 0 Å². The van der Waals surface area contributed by atoms with Gasteiger partial charge >= 0.3 is 0 Å². The van der Waals surface area contributed by atoms with Crippen molar-refractivity contribution in [2.24, 2.45) is 5.73 Å². The molecule has 2 N–H and O–H groups in total. The maximum Gasteiger partial charge on any atom is 0.122 e. The van der Waals surface area contributed by atoms with Gasteiger partial charge in [-0.2, -0.15) is 0 Å². The van der Waals surface area contributed by atoms with Gasteiger partial charge in [0.05, 0.1) is 18.5 Å². The normalized spacial score (nSPS) is 14.7. The van der Waals surface area contributed by atoms with Gasteiger partial charge in [0.2, 0.25) is 0 Å². The van der Waals surface area contributed by atoms with Crippen LogP contribution in [0.1, 0.15) is 29.9 Å². The van der Waals surface area contributed by atoms with Crippen molar-refractivity contribution in [2.75, 3.05) is 0 Å². The number of thiocarbonyl (C=S) groups is 1. The van der Waals surface area contributed by atoms with Crippen molar-refractivity contribution in [2.45, 2.75) is 32.0 Å². The number of furan rings is 1. The van der Waals surface area contributed by atoms with Crippen LogP contribution in [0, 0.1) is 0 Å². The molecule has 0 aliphatic heterocycles. The number of pyridine rings is 1. The van der Waals surface area contributed by atoms with E-state index in [1.54, 1.807) is 12.5 Å². The fourth-order valence-electron chi connectivity index (χ4n) is 2.30. The van der Waals surface area contributed by atoms with Crippen LogP contribution in [0.15, 0.2) is 41.1 Å². The smallest absolute Gasteiger partial charge is 0.122 e. The molecule has 104 valence electrons. The van der Waals surface area contributed by atoms with Crippen LogP contribution in [0.25, 0.3) is 0 Å². The molecule has 0 amide bonds. The van der Waals surface area contributed by atoms with Gasteiger partial charge < -0.3 is 10.2 Å². The summed E-state index contributed by atoms with van der Waals surface area (Å²) in [6.45, 7) is 1.70. The molecule has 0 radical (unpaired) electrons. The maximum atomic E-state index is 5.64. The minimum absolute atomic E-state index is 0.343. The topological polar surface area (TPSA) is 55.3 Å². The Morgan fingerprint density at radius 2 is 2.25 bits per heavy atom. The molecule has 0 unspecified atom stereocenters. The molecule has 0 aromatic carbocycles. The average molecular weight is 287 g/mol. The molecular formula is C15H17N3OS. The fraction of sp³-hybridized carbons (Fsp3) is 0.333. The Morgan fingerprint density at radius 3 is 2.90 bits per heavy atom. The Bertz CT molecular complexity index is 593. The summed E-state index contributed by atoms with van der Waals surface area (Å²) < 4.78 is 5.45. The SMILES string of the molecule is NC(=S)c1cc(CN(Cc2ccco2)C2CC2)ccn1. The van der Waals surface area contributed by atoms with E-state index in [0.29, 0.717) is 16.7 Å². The van der Waals surface area contributed by atoms with Gasteiger partial charge in [-0.1, -0.05) is 12.2 Å². The molecular weight excluding hydrogens is 270 g/mol. The van der Waals surface area contributed by atoms with Crippen LogP contribution in [-0.2, 0) is 13.1 Å². The molecule has 0 spiro atoms. The van der Waals surface area contributed by atoms with Crippen molar-refractivity contribution in [3.8, 4) is 0 Å². The lowest BCUT2D eigenvalue weighted by Crippen LogP contribution is -2.25. The van der Waals surface area contributed by atoms with Gasteiger partial charge in [0.1, 0.15) is 10.7 Å². The predicted octanol–water partition coefficient (Wildman–Crippen LogP) is 2.47. The number of rotatable bonds is 6. The van der Waals surface area contributed by atoms with E-state index in [4.69, 9.17) is 22.4 Å². The lowest BCUT2D eigenvalue weighted by molar-refractivity contribution is 0.225. The van der Waals surface area contributed by atoms with Crippen LogP contribution < -0.4 is 5.73 Å². The molecule has 1 aliphatic carbocycles. The highest BCUT2D eigenvalue weighted by molar-refractivity contribution is 7.80. The minimum Gasteiger partial charge on any atom is -0.468 e. The molecule has 2 aromatic heterocycles. The molecule has 2 heterocycles. The van der Waals surface area contributed by atoms with Crippen LogP contribution in [0.2, 0.25) is 0 Å². The third-order valence-electron chi connectivity index (χ3n) is 3.46. The standard InChI is InChI=1S/C15H17N3OS/c16-15(20)14-8-11(5-6-17-14)9-18(12-3-4-12)10-13-2-1-7-19-13/h1-2,5-8,12H,3-4,9-10H2,(H2,16,20). The first kappa shape index (κ1) is 13.3. The molecule has 0 bridgehead atoms. The molecule has 20 heavy (non-hydrogen) atoms. The maximum absolute atomic E-state index is 5.64. The molecule has 1 aliphatic rings. The first-order valence-electron chi connectivity index (χ1n) is 6.73. The van der Waals surface area contributed by atoms with Crippen molar-refractivity contribution >= 4 is 17.2 Å². The van der Waals surface area contributed by atoms with Gasteiger partial charge in [-0.15, -0.1) is 0 Å². The summed E-state index contributed by atoms with van der Waals surface area (Å²) in [5.41, 5.74) is 7.50. The molecule has 1 fully saturated rings. The van der Waals surface area contributed by atoms with E-state index in [1.165, 1.54) is 18.4 Å². The number of nitrogens with zero attached hydrogens (tertiary/aromatic N) is 2. The molecule has 3 rings (SSSR count). The van der Waals surface area contributed by atoms with Gasteiger partial charge in [-0.05, 0) is 42.7 Å². The van der Waals surface area contributed by atoms with Gasteiger partial charge in [-0.3, -0.25) is 9.88 Å². The van der Waals surface area contributed by atoms with E-state index in [1.807, 2.05) is 24.3 Å². The summed E-state index contributed by atoms with van der Waals surface area (Å²) in [5, 5.41) is 0. The summed E-state index contributed by atoms with van der Waals surface area (Å²) in [4.78, 5) is 6.95. The van der Waals surface area contributed by atoms with Crippen molar-refractivity contribution < 1.29 is 4.42 Å². The Kier molecular flexibility index (Phi) is 3.80. The van der Waals surface area contributed by atoms with Crippen molar-refractivity contribution in [1.82, 2.24) is 9.88 Å². The summed E-state index contributed by atoms with van der Waals surface area (Å²) in [6, 6.07) is 8.58. The highest BCUT2D eigenvalue weighted by Crippen LogP contribution is 2.29. The lowest BCUT2D eigenvalue weighted by atomic mass is 10.2. The number of aromatic nitrogens is 1. The van der Waals surface area contributed by atoms with Crippen LogP contribution in [0.5, 0.6) is 0 Å². The number of nitrogens with two attached hydrogens (primary N) is 1. The highest BCUT2D eigenvalue weighted by Gasteiger charge is 2.29. The predicted molar refractivity (Wildman–Crippen MR) is 81.1 cm³/mol. The summed E-state index contributed by atoms with van der Waals surface area (Å²) in [5.74, 6) is 1.00. The number of hydrogen-bond acceptors (Lipinski definition) is 4. The van der Waals surface area contributed by atoms with Gasteiger partial charge in [0.25, 0.3) is 0 Å². The first-order chi connectivity index (χ1) is 9.72. The Hall–Kier alpha value is -1.72. The average Bonchev–Trinajstić information content (AvgIpc) is 3.17. The van der Waals surface area contributed by atoms with Crippen LogP contribution in [0.3, 0.4) is 0 Å². The Morgan fingerprint density at radius 1 is 1.40 bits per heavy atom. The van der Waals surface area contributed by atoms with Gasteiger partial charge in [-0.25, -0.2) is 0 Å². The second-order valence-corrected chi connectivity index (χ2v) is 5.57. The third kappa shape index (κ3) is 3.23. The zero-order valence-corrected chi connectivity index (χ0v) is 12.0. The summed E-state index contributed by atoms with van der Waals surface area (Å²) in [7, 11) is 0. The summed E-state index contributed by atoms with van der Waals surface area (Å²) in [6.07, 6.45) is 6.00. The second-order valence-electron chi connectivity index (χ2n) is 5.13. The van der Waals surface area contributed by atoms with Gasteiger partial charge in [0, 0.05) is 18.8 Å². The van der Waals surface area contributed by atoms with Crippen molar-refractivity contribution in [3.05, 3.63) is 53.7 Å². The number of hydrogen-bond donors (Lipinski definition) is 1. The zero-order valence-electron chi connectivity index (χ0n) is 11.2. The second kappa shape index (κ2) is 5.73.